The average molecular weight is 301 g/mol. The first kappa shape index (κ1) is 13.5. The van der Waals surface area contributed by atoms with Gasteiger partial charge in [-0.2, -0.15) is 5.10 Å². The third-order valence-electron chi connectivity index (χ3n) is 3.67. The maximum atomic E-state index is 4.40. The number of nitrogens with one attached hydrogen (secondary N) is 1. The minimum absolute atomic E-state index is 0.974. The molecule has 4 aromatic rings. The van der Waals surface area contributed by atoms with Gasteiger partial charge in [0.1, 0.15) is 12.7 Å². The SMILES string of the molecule is Cc1cc(Nc2ccnc3ccccc23)cc(-n2cncn2)c1. The Morgan fingerprint density at radius 3 is 2.83 bits per heavy atom. The van der Waals surface area contributed by atoms with Crippen molar-refractivity contribution in [3.63, 3.8) is 0 Å². The number of rotatable bonds is 3. The molecule has 2 aromatic heterocycles. The molecule has 5 nitrogen and oxygen atoms in total. The Morgan fingerprint density at radius 2 is 1.96 bits per heavy atom. The van der Waals surface area contributed by atoms with Crippen LogP contribution in [0.25, 0.3) is 16.6 Å². The Balaban J connectivity index is 1.76. The van der Waals surface area contributed by atoms with Gasteiger partial charge in [0.15, 0.2) is 0 Å². The summed E-state index contributed by atoms with van der Waals surface area (Å²) in [5, 5.41) is 8.78. The van der Waals surface area contributed by atoms with Gasteiger partial charge in [0.2, 0.25) is 0 Å². The van der Waals surface area contributed by atoms with Gasteiger partial charge in [-0.05, 0) is 42.8 Å². The second-order valence-corrected chi connectivity index (χ2v) is 5.40. The van der Waals surface area contributed by atoms with Crippen molar-refractivity contribution in [1.82, 2.24) is 19.7 Å². The van der Waals surface area contributed by atoms with Crippen molar-refractivity contribution in [2.45, 2.75) is 6.92 Å². The molecule has 0 saturated heterocycles. The molecule has 2 aromatic carbocycles. The van der Waals surface area contributed by atoms with Crippen molar-refractivity contribution in [3.05, 3.63) is 72.9 Å². The molecular formula is C18H15N5. The number of nitrogens with zero attached hydrogens (tertiary/aromatic N) is 4. The summed E-state index contributed by atoms with van der Waals surface area (Å²) in [6.45, 7) is 2.07. The predicted octanol–water partition coefficient (Wildman–Crippen LogP) is 3.87. The molecule has 0 saturated carbocycles. The maximum Gasteiger partial charge on any atom is 0.138 e. The molecule has 0 unspecified atom stereocenters. The first-order valence-corrected chi connectivity index (χ1v) is 7.37. The van der Waals surface area contributed by atoms with E-state index >= 15 is 0 Å². The summed E-state index contributed by atoms with van der Waals surface area (Å²) >= 11 is 0. The van der Waals surface area contributed by atoms with Crippen LogP contribution in [0.1, 0.15) is 5.56 Å². The number of benzene rings is 2. The fraction of sp³-hybridized carbons (Fsp3) is 0.0556. The van der Waals surface area contributed by atoms with Crippen LogP contribution in [-0.4, -0.2) is 19.7 Å². The Labute approximate surface area is 133 Å². The molecular weight excluding hydrogens is 286 g/mol. The van der Waals surface area contributed by atoms with E-state index < -0.39 is 0 Å². The maximum absolute atomic E-state index is 4.40. The zero-order chi connectivity index (χ0) is 15.6. The first-order valence-electron chi connectivity index (χ1n) is 7.37. The van der Waals surface area contributed by atoms with E-state index in [0.29, 0.717) is 0 Å². The van der Waals surface area contributed by atoms with Gasteiger partial charge in [0.25, 0.3) is 0 Å². The van der Waals surface area contributed by atoms with Gasteiger partial charge in [0.05, 0.1) is 11.2 Å². The molecule has 0 aliphatic carbocycles. The molecule has 112 valence electrons. The predicted molar refractivity (Wildman–Crippen MR) is 91.1 cm³/mol. The van der Waals surface area contributed by atoms with Crippen molar-refractivity contribution >= 4 is 22.3 Å². The highest BCUT2D eigenvalue weighted by Crippen LogP contribution is 2.26. The zero-order valence-electron chi connectivity index (χ0n) is 12.6. The molecule has 0 spiro atoms. The van der Waals surface area contributed by atoms with Crippen LogP contribution in [0.2, 0.25) is 0 Å². The standard InChI is InChI=1S/C18H15N5/c1-13-8-14(10-15(9-13)23-12-19-11-21-23)22-18-6-7-20-17-5-3-2-4-16(17)18/h2-12H,1H3,(H,20,22). The van der Waals surface area contributed by atoms with Crippen LogP contribution in [-0.2, 0) is 0 Å². The van der Waals surface area contributed by atoms with E-state index in [1.165, 1.54) is 6.33 Å². The second kappa shape index (κ2) is 5.53. The van der Waals surface area contributed by atoms with Gasteiger partial charge in [-0.1, -0.05) is 18.2 Å². The Kier molecular flexibility index (Phi) is 3.24. The minimum atomic E-state index is 0.974. The molecule has 1 N–H and O–H groups in total. The Hall–Kier alpha value is -3.21. The van der Waals surface area contributed by atoms with E-state index in [-0.39, 0.29) is 0 Å². The molecule has 0 bridgehead atoms. The average Bonchev–Trinajstić information content (AvgIpc) is 3.09. The lowest BCUT2D eigenvalue weighted by atomic mass is 10.1. The highest BCUT2D eigenvalue weighted by Gasteiger charge is 2.05. The number of hydrogen-bond donors (Lipinski definition) is 1. The van der Waals surface area contributed by atoms with Crippen LogP contribution in [0.15, 0.2) is 67.4 Å². The van der Waals surface area contributed by atoms with E-state index in [1.807, 2.05) is 30.5 Å². The van der Waals surface area contributed by atoms with Gasteiger partial charge in [-0.3, -0.25) is 4.98 Å². The van der Waals surface area contributed by atoms with Crippen molar-refractivity contribution < 1.29 is 0 Å². The van der Waals surface area contributed by atoms with Crippen molar-refractivity contribution in [2.24, 2.45) is 0 Å². The number of fused-ring (bicyclic) bond motifs is 1. The monoisotopic (exact) mass is 301 g/mol. The van der Waals surface area contributed by atoms with Crippen LogP contribution in [0, 0.1) is 6.92 Å². The number of pyridine rings is 1. The molecule has 0 aliphatic rings. The summed E-state index contributed by atoms with van der Waals surface area (Å²) in [6.07, 6.45) is 5.05. The van der Waals surface area contributed by atoms with Gasteiger partial charge in [-0.25, -0.2) is 9.67 Å². The second-order valence-electron chi connectivity index (χ2n) is 5.40. The van der Waals surface area contributed by atoms with Gasteiger partial charge in [0, 0.05) is 23.0 Å². The van der Waals surface area contributed by atoms with Crippen molar-refractivity contribution in [2.75, 3.05) is 5.32 Å². The number of aromatic nitrogens is 4. The van der Waals surface area contributed by atoms with E-state index in [0.717, 1.165) is 33.5 Å². The molecule has 0 atom stereocenters. The fourth-order valence-corrected chi connectivity index (χ4v) is 2.67. The van der Waals surface area contributed by atoms with Crippen LogP contribution in [0.5, 0.6) is 0 Å². The molecule has 23 heavy (non-hydrogen) atoms. The highest BCUT2D eigenvalue weighted by molar-refractivity contribution is 5.92. The number of aryl methyl sites for hydroxylation is 1. The summed E-state index contributed by atoms with van der Waals surface area (Å²) in [6, 6.07) is 16.3. The topological polar surface area (TPSA) is 55.6 Å². The first-order chi connectivity index (χ1) is 11.3. The van der Waals surface area contributed by atoms with Crippen LogP contribution in [0.4, 0.5) is 11.4 Å². The van der Waals surface area contributed by atoms with Crippen LogP contribution in [0.3, 0.4) is 0 Å². The summed E-state index contributed by atoms with van der Waals surface area (Å²) in [7, 11) is 0. The van der Waals surface area contributed by atoms with Gasteiger partial charge in [-0.15, -0.1) is 0 Å². The molecule has 0 fully saturated rings. The summed E-state index contributed by atoms with van der Waals surface area (Å²) in [5.41, 5.74) is 5.14. The van der Waals surface area contributed by atoms with Crippen molar-refractivity contribution in [3.8, 4) is 5.69 Å². The smallest absolute Gasteiger partial charge is 0.138 e. The molecule has 4 rings (SSSR count). The summed E-state index contributed by atoms with van der Waals surface area (Å²) in [5.74, 6) is 0. The summed E-state index contributed by atoms with van der Waals surface area (Å²) < 4.78 is 1.75. The molecule has 5 heteroatoms. The number of hydrogen-bond acceptors (Lipinski definition) is 4. The summed E-state index contributed by atoms with van der Waals surface area (Å²) in [4.78, 5) is 8.40. The number of anilines is 2. The third kappa shape index (κ3) is 2.64. The van der Waals surface area contributed by atoms with Gasteiger partial charge >= 0.3 is 0 Å². The van der Waals surface area contributed by atoms with Crippen LogP contribution >= 0.6 is 0 Å². The van der Waals surface area contributed by atoms with E-state index in [9.17, 15) is 0 Å². The molecule has 0 radical (unpaired) electrons. The van der Waals surface area contributed by atoms with Crippen molar-refractivity contribution in [1.29, 1.82) is 0 Å². The van der Waals surface area contributed by atoms with E-state index in [4.69, 9.17) is 0 Å². The minimum Gasteiger partial charge on any atom is -0.355 e. The quantitative estimate of drug-likeness (QED) is 0.624. The molecule has 0 amide bonds. The Bertz CT molecular complexity index is 955. The van der Waals surface area contributed by atoms with E-state index in [1.54, 1.807) is 11.0 Å². The molecule has 2 heterocycles. The lowest BCUT2D eigenvalue weighted by Gasteiger charge is -2.12. The Morgan fingerprint density at radius 1 is 1.04 bits per heavy atom. The number of para-hydroxylation sites is 1. The largest absolute Gasteiger partial charge is 0.355 e. The van der Waals surface area contributed by atoms with Crippen LogP contribution < -0.4 is 5.32 Å². The lowest BCUT2D eigenvalue weighted by molar-refractivity contribution is 0.878. The van der Waals surface area contributed by atoms with E-state index in [2.05, 4.69) is 51.6 Å². The normalized spacial score (nSPS) is 10.8. The molecule has 0 aliphatic heterocycles. The third-order valence-corrected chi connectivity index (χ3v) is 3.67. The lowest BCUT2D eigenvalue weighted by Crippen LogP contribution is -1.98. The highest BCUT2D eigenvalue weighted by atomic mass is 15.3. The fourth-order valence-electron chi connectivity index (χ4n) is 2.67. The zero-order valence-corrected chi connectivity index (χ0v) is 12.6. The van der Waals surface area contributed by atoms with Gasteiger partial charge < -0.3 is 5.32 Å².